The second-order valence-corrected chi connectivity index (χ2v) is 4.67. The van der Waals surface area contributed by atoms with Crippen LogP contribution in [0.4, 0.5) is 0 Å². The van der Waals surface area contributed by atoms with E-state index in [0.29, 0.717) is 13.0 Å². The van der Waals surface area contributed by atoms with Crippen LogP contribution in [-0.4, -0.2) is 53.1 Å². The summed E-state index contributed by atoms with van der Waals surface area (Å²) in [6.45, 7) is 1.06. The molecule has 0 amide bonds. The van der Waals surface area contributed by atoms with Gasteiger partial charge in [-0.05, 0) is 25.7 Å². The number of hydrogen-bond donors (Lipinski definition) is 3. The zero-order valence-corrected chi connectivity index (χ0v) is 9.29. The largest absolute Gasteiger partial charge is 0.390 e. The summed E-state index contributed by atoms with van der Waals surface area (Å²) < 4.78 is 10.9. The Morgan fingerprint density at radius 1 is 1.12 bits per heavy atom. The van der Waals surface area contributed by atoms with Crippen molar-refractivity contribution in [2.24, 2.45) is 5.92 Å². The van der Waals surface area contributed by atoms with Gasteiger partial charge < -0.3 is 24.8 Å². The lowest BCUT2D eigenvalue weighted by Gasteiger charge is -2.25. The molecule has 1 unspecified atom stereocenters. The quantitative estimate of drug-likeness (QED) is 0.619. The Bertz CT molecular complexity index is 216. The van der Waals surface area contributed by atoms with Gasteiger partial charge in [-0.2, -0.15) is 0 Å². The van der Waals surface area contributed by atoms with E-state index in [9.17, 15) is 15.3 Å². The molecule has 1 aliphatic carbocycles. The van der Waals surface area contributed by atoms with Crippen LogP contribution in [0.25, 0.3) is 0 Å². The Morgan fingerprint density at radius 2 is 1.94 bits per heavy atom. The lowest BCUT2D eigenvalue weighted by molar-refractivity contribution is -0.174. The minimum atomic E-state index is -1.04. The first-order valence-electron chi connectivity index (χ1n) is 5.96. The van der Waals surface area contributed by atoms with Crippen molar-refractivity contribution in [2.75, 3.05) is 13.2 Å². The third kappa shape index (κ3) is 2.73. The molecule has 5 atom stereocenters. The van der Waals surface area contributed by atoms with Crippen LogP contribution in [0.5, 0.6) is 0 Å². The van der Waals surface area contributed by atoms with Crippen LogP contribution in [0, 0.1) is 5.92 Å². The van der Waals surface area contributed by atoms with Gasteiger partial charge in [-0.3, -0.25) is 0 Å². The summed E-state index contributed by atoms with van der Waals surface area (Å²) in [5.74, 6) is -0.199. The molecule has 1 saturated carbocycles. The van der Waals surface area contributed by atoms with Crippen LogP contribution in [0.3, 0.4) is 0 Å². The average molecular weight is 232 g/mol. The van der Waals surface area contributed by atoms with Crippen LogP contribution in [0.2, 0.25) is 0 Å². The molecule has 0 spiro atoms. The first-order valence-corrected chi connectivity index (χ1v) is 5.96. The molecule has 16 heavy (non-hydrogen) atoms. The maximum absolute atomic E-state index is 9.63. The summed E-state index contributed by atoms with van der Waals surface area (Å²) in [6, 6.07) is 0. The lowest BCUT2D eigenvalue weighted by atomic mass is 10.1. The molecular weight excluding hydrogens is 212 g/mol. The van der Waals surface area contributed by atoms with Crippen LogP contribution in [0.15, 0.2) is 0 Å². The molecule has 1 aliphatic heterocycles. The summed E-state index contributed by atoms with van der Waals surface area (Å²) in [7, 11) is 0. The minimum absolute atomic E-state index is 0.184. The molecular formula is C11H20O5. The maximum Gasteiger partial charge on any atom is 0.157 e. The molecule has 2 aliphatic rings. The topological polar surface area (TPSA) is 79.2 Å². The summed E-state index contributed by atoms with van der Waals surface area (Å²) in [5, 5.41) is 28.4. The van der Waals surface area contributed by atoms with Crippen LogP contribution in [0.1, 0.15) is 25.7 Å². The van der Waals surface area contributed by atoms with Crippen LogP contribution in [-0.2, 0) is 9.47 Å². The minimum Gasteiger partial charge on any atom is -0.390 e. The van der Waals surface area contributed by atoms with Crippen molar-refractivity contribution in [2.45, 2.75) is 50.3 Å². The monoisotopic (exact) mass is 232 g/mol. The molecule has 3 N–H and O–H groups in total. The van der Waals surface area contributed by atoms with Gasteiger partial charge in [0, 0.05) is 12.5 Å². The number of ether oxygens (including phenoxy) is 2. The Labute approximate surface area is 95.0 Å². The van der Waals surface area contributed by atoms with Crippen molar-refractivity contribution >= 4 is 0 Å². The second kappa shape index (κ2) is 5.42. The number of aliphatic hydroxyl groups excluding tert-OH is 3. The summed E-state index contributed by atoms with van der Waals surface area (Å²) in [4.78, 5) is 0. The van der Waals surface area contributed by atoms with Gasteiger partial charge in [0.25, 0.3) is 0 Å². The van der Waals surface area contributed by atoms with E-state index in [1.54, 1.807) is 0 Å². The van der Waals surface area contributed by atoms with E-state index in [-0.39, 0.29) is 12.2 Å². The zero-order valence-electron chi connectivity index (χ0n) is 9.29. The van der Waals surface area contributed by atoms with Crippen molar-refractivity contribution in [3.05, 3.63) is 0 Å². The highest BCUT2D eigenvalue weighted by Gasteiger charge is 2.40. The molecule has 1 heterocycles. The first-order chi connectivity index (χ1) is 7.68. The van der Waals surface area contributed by atoms with Gasteiger partial charge in [0.1, 0.15) is 6.10 Å². The van der Waals surface area contributed by atoms with Crippen molar-refractivity contribution < 1.29 is 24.8 Å². The smallest absolute Gasteiger partial charge is 0.157 e. The molecule has 0 bridgehead atoms. The number of aliphatic hydroxyl groups is 3. The predicted molar refractivity (Wildman–Crippen MR) is 55.7 cm³/mol. The van der Waals surface area contributed by atoms with Gasteiger partial charge in [0.15, 0.2) is 6.29 Å². The van der Waals surface area contributed by atoms with Crippen molar-refractivity contribution in [1.82, 2.24) is 0 Å². The zero-order chi connectivity index (χ0) is 11.5. The van der Waals surface area contributed by atoms with E-state index in [1.807, 2.05) is 0 Å². The molecule has 1 saturated heterocycles. The van der Waals surface area contributed by atoms with Crippen molar-refractivity contribution in [1.29, 1.82) is 0 Å². The molecule has 2 rings (SSSR count). The van der Waals surface area contributed by atoms with Crippen molar-refractivity contribution in [3.8, 4) is 0 Å². The Morgan fingerprint density at radius 3 is 2.50 bits per heavy atom. The molecule has 0 aromatic rings. The predicted octanol–water partition coefficient (Wildman–Crippen LogP) is -0.368. The number of rotatable bonds is 3. The Balaban J connectivity index is 1.73. The van der Waals surface area contributed by atoms with Gasteiger partial charge >= 0.3 is 0 Å². The van der Waals surface area contributed by atoms with Crippen molar-refractivity contribution in [3.63, 3.8) is 0 Å². The SMILES string of the molecule is O[C@@H]1[C@@H](COC2CCCCO2)C[C@@H](O)[C@H]1O. The van der Waals surface area contributed by atoms with Crippen LogP contribution < -0.4 is 0 Å². The van der Waals surface area contributed by atoms with E-state index in [0.717, 1.165) is 25.9 Å². The van der Waals surface area contributed by atoms with E-state index < -0.39 is 18.3 Å². The van der Waals surface area contributed by atoms with E-state index in [1.165, 1.54) is 0 Å². The fourth-order valence-electron chi connectivity index (χ4n) is 2.34. The van der Waals surface area contributed by atoms with E-state index in [2.05, 4.69) is 0 Å². The summed E-state index contributed by atoms with van der Waals surface area (Å²) in [6.07, 6.45) is 0.487. The maximum atomic E-state index is 9.63. The fourth-order valence-corrected chi connectivity index (χ4v) is 2.34. The molecule has 5 nitrogen and oxygen atoms in total. The lowest BCUT2D eigenvalue weighted by Crippen LogP contribution is -2.33. The van der Waals surface area contributed by atoms with Gasteiger partial charge in [-0.25, -0.2) is 0 Å². The van der Waals surface area contributed by atoms with E-state index >= 15 is 0 Å². The van der Waals surface area contributed by atoms with Gasteiger partial charge in [0.05, 0.1) is 18.8 Å². The van der Waals surface area contributed by atoms with Gasteiger partial charge in [-0.15, -0.1) is 0 Å². The molecule has 0 aromatic carbocycles. The van der Waals surface area contributed by atoms with E-state index in [4.69, 9.17) is 9.47 Å². The summed E-state index contributed by atoms with van der Waals surface area (Å²) >= 11 is 0. The van der Waals surface area contributed by atoms with Gasteiger partial charge in [0.2, 0.25) is 0 Å². The second-order valence-electron chi connectivity index (χ2n) is 4.67. The molecule has 0 radical (unpaired) electrons. The third-order valence-electron chi connectivity index (χ3n) is 3.41. The van der Waals surface area contributed by atoms with Crippen LogP contribution >= 0.6 is 0 Å². The number of hydrogen-bond acceptors (Lipinski definition) is 5. The highest BCUT2D eigenvalue weighted by atomic mass is 16.7. The molecule has 2 fully saturated rings. The normalized spacial score (nSPS) is 44.8. The highest BCUT2D eigenvalue weighted by molar-refractivity contribution is 4.90. The first kappa shape index (κ1) is 12.3. The fraction of sp³-hybridized carbons (Fsp3) is 1.00. The third-order valence-corrected chi connectivity index (χ3v) is 3.41. The van der Waals surface area contributed by atoms with Gasteiger partial charge in [-0.1, -0.05) is 0 Å². The summed E-state index contributed by atoms with van der Waals surface area (Å²) in [5.41, 5.74) is 0. The molecule has 5 heteroatoms. The standard InChI is InChI=1S/C11H20O5/c12-8-5-7(10(13)11(8)14)6-16-9-3-1-2-4-15-9/h7-14H,1-6H2/t7-,8-,9?,10-,11-/m1/s1. The molecule has 0 aromatic heterocycles. The highest BCUT2D eigenvalue weighted by Crippen LogP contribution is 2.28. The molecule has 94 valence electrons. The average Bonchev–Trinajstić information content (AvgIpc) is 2.56. The Hall–Kier alpha value is -0.200. The Kier molecular flexibility index (Phi) is 4.16.